The third-order valence-electron chi connectivity index (χ3n) is 6.01. The highest BCUT2D eigenvalue weighted by molar-refractivity contribution is 6.14. The topological polar surface area (TPSA) is 20.3 Å². The minimum Gasteiger partial charge on any atom is -0.295 e. The summed E-state index contributed by atoms with van der Waals surface area (Å²) >= 11 is 0. The van der Waals surface area contributed by atoms with Crippen LogP contribution >= 0.6 is 0 Å². The summed E-state index contributed by atoms with van der Waals surface area (Å²) in [6.07, 6.45) is 6.19. The second-order valence-corrected chi connectivity index (χ2v) is 8.05. The number of rotatable bonds is 5. The van der Waals surface area contributed by atoms with Gasteiger partial charge in [0.2, 0.25) is 0 Å². The molecule has 0 saturated carbocycles. The minimum absolute atomic E-state index is 0.187. The first-order valence-electron chi connectivity index (χ1n) is 12.8. The molecular weight excluding hydrogens is 402 g/mol. The maximum Gasteiger partial charge on any atom is 0.187 e. The van der Waals surface area contributed by atoms with Crippen molar-refractivity contribution in [1.82, 2.24) is 4.90 Å². The number of hydrogen-bond acceptors (Lipinski definition) is 2. The highest BCUT2D eigenvalue weighted by Crippen LogP contribution is 2.24. The molecule has 1 heterocycles. The van der Waals surface area contributed by atoms with Crippen molar-refractivity contribution < 1.29 is 4.79 Å². The molecule has 2 aromatic carbocycles. The van der Waals surface area contributed by atoms with Gasteiger partial charge >= 0.3 is 0 Å². The Labute approximate surface area is 203 Å². The maximum absolute atomic E-state index is 13.3. The number of likely N-dealkylation sites (tertiary alicyclic amines) is 1. The minimum atomic E-state index is 0.187. The summed E-state index contributed by atoms with van der Waals surface area (Å²) in [5.41, 5.74) is 9.33. The Balaban J connectivity index is 0.00000129. The predicted molar refractivity (Wildman–Crippen MR) is 147 cm³/mol. The van der Waals surface area contributed by atoms with Crippen LogP contribution in [0.25, 0.3) is 12.2 Å². The molecule has 1 fully saturated rings. The van der Waals surface area contributed by atoms with E-state index < -0.39 is 0 Å². The van der Waals surface area contributed by atoms with Gasteiger partial charge in [0.05, 0.1) is 0 Å². The van der Waals surface area contributed by atoms with Gasteiger partial charge in [-0.15, -0.1) is 0 Å². The lowest BCUT2D eigenvalue weighted by Gasteiger charge is -2.28. The van der Waals surface area contributed by atoms with Crippen molar-refractivity contribution in [3.63, 3.8) is 0 Å². The number of likely N-dealkylation sites (N-methyl/N-ethyl adjacent to an activating group) is 1. The maximum atomic E-state index is 13.3. The molecule has 0 amide bonds. The summed E-state index contributed by atoms with van der Waals surface area (Å²) in [6, 6.07) is 13.0. The van der Waals surface area contributed by atoms with Crippen LogP contribution in [0.2, 0.25) is 0 Å². The van der Waals surface area contributed by atoms with Crippen LogP contribution in [-0.2, 0) is 17.6 Å². The number of Topliss-reactive ketones (excluding diaryl/α,β-unsaturated/α-hetero) is 1. The van der Waals surface area contributed by atoms with Gasteiger partial charge in [-0.2, -0.15) is 0 Å². The van der Waals surface area contributed by atoms with Gasteiger partial charge in [0.1, 0.15) is 0 Å². The quantitative estimate of drug-likeness (QED) is 0.435. The second-order valence-electron chi connectivity index (χ2n) is 8.05. The molecule has 180 valence electrons. The Morgan fingerprint density at radius 2 is 1.12 bits per heavy atom. The Hall–Kier alpha value is -2.45. The number of hydrogen-bond donors (Lipinski definition) is 0. The molecule has 0 spiro atoms. The largest absolute Gasteiger partial charge is 0.295 e. The van der Waals surface area contributed by atoms with Gasteiger partial charge in [0, 0.05) is 24.2 Å². The number of carbonyl (C=O) groups excluding carboxylic acids is 1. The lowest BCUT2D eigenvalue weighted by Crippen LogP contribution is -2.37. The summed E-state index contributed by atoms with van der Waals surface area (Å²) < 4.78 is 0. The van der Waals surface area contributed by atoms with E-state index in [4.69, 9.17) is 0 Å². The van der Waals surface area contributed by atoms with Crippen LogP contribution in [0, 0.1) is 13.8 Å². The molecule has 0 aliphatic carbocycles. The highest BCUT2D eigenvalue weighted by Gasteiger charge is 2.25. The molecule has 1 aliphatic heterocycles. The van der Waals surface area contributed by atoms with Crippen molar-refractivity contribution >= 4 is 17.9 Å². The van der Waals surface area contributed by atoms with Gasteiger partial charge in [0.25, 0.3) is 0 Å². The summed E-state index contributed by atoms with van der Waals surface area (Å²) in [4.78, 5) is 15.6. The molecule has 0 aromatic heterocycles. The molecule has 2 aromatic rings. The molecular formula is C31H45NO. The van der Waals surface area contributed by atoms with Gasteiger partial charge in [-0.3, -0.25) is 9.69 Å². The van der Waals surface area contributed by atoms with Crippen molar-refractivity contribution in [2.75, 3.05) is 19.6 Å². The van der Waals surface area contributed by atoms with Crippen molar-refractivity contribution in [1.29, 1.82) is 0 Å². The van der Waals surface area contributed by atoms with Crippen LogP contribution < -0.4 is 0 Å². The number of benzene rings is 2. The summed E-state index contributed by atoms with van der Waals surface area (Å²) in [6.45, 7) is 21.2. The molecule has 0 bridgehead atoms. The van der Waals surface area contributed by atoms with Crippen LogP contribution in [0.3, 0.4) is 0 Å². The van der Waals surface area contributed by atoms with E-state index in [0.29, 0.717) is 0 Å². The molecule has 0 N–H and O–H groups in total. The average Bonchev–Trinajstić information content (AvgIpc) is 2.86. The van der Waals surface area contributed by atoms with E-state index in [9.17, 15) is 4.79 Å². The van der Waals surface area contributed by atoms with Crippen LogP contribution in [-0.4, -0.2) is 30.3 Å². The second kappa shape index (κ2) is 14.6. The standard InChI is InChI=1S/C27H33NO.2C2H6/c1-6-23-13-21(11-9-19(23)4)15-25-17-28(8-3)18-26(27(25)29)16-22-12-10-20(5)24(7-2)14-22;2*1-2/h9-16H,6-8,17-18H2,1-5H3;2*1-2H3/b25-15+,26-16+;;. The zero-order chi connectivity index (χ0) is 25.0. The van der Waals surface area contributed by atoms with Gasteiger partial charge in [0.15, 0.2) is 5.78 Å². The van der Waals surface area contributed by atoms with Crippen LogP contribution in [0.5, 0.6) is 0 Å². The van der Waals surface area contributed by atoms with E-state index in [0.717, 1.165) is 54.7 Å². The number of carbonyl (C=O) groups is 1. The van der Waals surface area contributed by atoms with Gasteiger partial charge in [-0.25, -0.2) is 0 Å². The lowest BCUT2D eigenvalue weighted by molar-refractivity contribution is -0.113. The van der Waals surface area contributed by atoms with Crippen molar-refractivity contribution in [3.8, 4) is 0 Å². The molecule has 2 nitrogen and oxygen atoms in total. The first-order valence-corrected chi connectivity index (χ1v) is 12.8. The number of piperidine rings is 1. The highest BCUT2D eigenvalue weighted by atomic mass is 16.1. The van der Waals surface area contributed by atoms with Crippen molar-refractivity contribution in [2.24, 2.45) is 0 Å². The van der Waals surface area contributed by atoms with E-state index in [1.807, 2.05) is 27.7 Å². The summed E-state index contributed by atoms with van der Waals surface area (Å²) in [5, 5.41) is 0. The fourth-order valence-corrected chi connectivity index (χ4v) is 4.06. The van der Waals surface area contributed by atoms with Crippen LogP contribution in [0.4, 0.5) is 0 Å². The Morgan fingerprint density at radius 3 is 1.45 bits per heavy atom. The Bertz CT molecular complexity index is 889. The first-order chi connectivity index (χ1) is 15.9. The molecule has 0 radical (unpaired) electrons. The van der Waals surface area contributed by atoms with Gasteiger partial charge in [-0.05, 0) is 78.8 Å². The van der Waals surface area contributed by atoms with E-state index in [-0.39, 0.29) is 5.78 Å². The molecule has 1 aliphatic rings. The van der Waals surface area contributed by atoms with E-state index >= 15 is 0 Å². The zero-order valence-corrected chi connectivity index (χ0v) is 22.5. The Morgan fingerprint density at radius 1 is 0.727 bits per heavy atom. The first kappa shape index (κ1) is 28.6. The fraction of sp³-hybridized carbons (Fsp3) is 0.452. The van der Waals surface area contributed by atoms with E-state index in [1.54, 1.807) is 0 Å². The molecule has 1 saturated heterocycles. The smallest absolute Gasteiger partial charge is 0.187 e. The molecule has 0 unspecified atom stereocenters. The third kappa shape index (κ3) is 7.82. The average molecular weight is 448 g/mol. The normalized spacial score (nSPS) is 16.2. The molecule has 3 rings (SSSR count). The van der Waals surface area contributed by atoms with Crippen molar-refractivity contribution in [3.05, 3.63) is 80.9 Å². The monoisotopic (exact) mass is 447 g/mol. The number of ketones is 1. The number of nitrogens with zero attached hydrogens (tertiary/aromatic N) is 1. The zero-order valence-electron chi connectivity index (χ0n) is 22.5. The SMILES string of the molecule is CC.CC.CCc1cc(/C=C2\CN(CC)C/C(=C\c3ccc(C)c(CC)c3)C2=O)ccc1C. The van der Waals surface area contributed by atoms with Crippen LogP contribution in [0.15, 0.2) is 47.5 Å². The van der Waals surface area contributed by atoms with Crippen LogP contribution in [0.1, 0.15) is 81.8 Å². The fourth-order valence-electron chi connectivity index (χ4n) is 4.06. The Kier molecular flexibility index (Phi) is 12.7. The lowest BCUT2D eigenvalue weighted by atomic mass is 9.92. The van der Waals surface area contributed by atoms with Gasteiger partial charge < -0.3 is 0 Å². The van der Waals surface area contributed by atoms with E-state index in [1.165, 1.54) is 22.3 Å². The molecule has 0 atom stereocenters. The molecule has 33 heavy (non-hydrogen) atoms. The van der Waals surface area contributed by atoms with Crippen molar-refractivity contribution in [2.45, 2.75) is 75.2 Å². The predicted octanol–water partition coefficient (Wildman–Crippen LogP) is 7.85. The third-order valence-corrected chi connectivity index (χ3v) is 6.01. The molecule has 2 heteroatoms. The summed E-state index contributed by atoms with van der Waals surface area (Å²) in [7, 11) is 0. The number of aryl methyl sites for hydroxylation is 4. The summed E-state index contributed by atoms with van der Waals surface area (Å²) in [5.74, 6) is 0.187. The van der Waals surface area contributed by atoms with E-state index in [2.05, 4.69) is 88.1 Å². The van der Waals surface area contributed by atoms with Gasteiger partial charge in [-0.1, -0.05) is 84.9 Å².